The number of benzene rings is 1. The quantitative estimate of drug-likeness (QED) is 0.817. The number of rotatable bonds is 6. The van der Waals surface area contributed by atoms with Crippen molar-refractivity contribution in [2.24, 2.45) is 5.73 Å². The summed E-state index contributed by atoms with van der Waals surface area (Å²) in [5.41, 5.74) is 6.10. The zero-order valence-electron chi connectivity index (χ0n) is 12.5. The van der Waals surface area contributed by atoms with Crippen molar-refractivity contribution in [1.82, 2.24) is 9.80 Å². The van der Waals surface area contributed by atoms with Gasteiger partial charge in [-0.3, -0.25) is 4.90 Å². The van der Waals surface area contributed by atoms with E-state index in [0.717, 1.165) is 64.6 Å². The van der Waals surface area contributed by atoms with E-state index in [1.54, 1.807) is 6.07 Å². The van der Waals surface area contributed by atoms with Crippen LogP contribution in [0.25, 0.3) is 0 Å². The first kappa shape index (κ1) is 16.3. The van der Waals surface area contributed by atoms with Crippen LogP contribution in [0.1, 0.15) is 24.8 Å². The van der Waals surface area contributed by atoms with E-state index < -0.39 is 11.6 Å². The highest BCUT2D eigenvalue weighted by Crippen LogP contribution is 2.14. The predicted octanol–water partition coefficient (Wildman–Crippen LogP) is 2.21. The van der Waals surface area contributed by atoms with Crippen molar-refractivity contribution < 1.29 is 8.78 Å². The average molecular weight is 297 g/mol. The molecule has 1 fully saturated rings. The highest BCUT2D eigenvalue weighted by molar-refractivity contribution is 5.18. The van der Waals surface area contributed by atoms with Crippen LogP contribution in [-0.4, -0.2) is 49.1 Å². The molecule has 0 aliphatic carbocycles. The second-order valence-corrected chi connectivity index (χ2v) is 5.70. The van der Waals surface area contributed by atoms with E-state index in [9.17, 15) is 8.78 Å². The van der Waals surface area contributed by atoms with Crippen LogP contribution in [0, 0.1) is 11.6 Å². The molecule has 0 unspecified atom stereocenters. The molecular weight excluding hydrogens is 272 g/mol. The summed E-state index contributed by atoms with van der Waals surface area (Å²) in [7, 11) is 0. The summed E-state index contributed by atoms with van der Waals surface area (Å²) in [4.78, 5) is 4.70. The fourth-order valence-corrected chi connectivity index (χ4v) is 2.78. The van der Waals surface area contributed by atoms with Crippen LogP contribution in [0.5, 0.6) is 0 Å². The normalized spacial score (nSPS) is 17.9. The lowest BCUT2D eigenvalue weighted by molar-refractivity contribution is 0.247. The van der Waals surface area contributed by atoms with Gasteiger partial charge in [-0.1, -0.05) is 6.07 Å². The van der Waals surface area contributed by atoms with E-state index in [-0.39, 0.29) is 0 Å². The molecule has 2 N–H and O–H groups in total. The predicted molar refractivity (Wildman–Crippen MR) is 81.0 cm³/mol. The van der Waals surface area contributed by atoms with Crippen molar-refractivity contribution >= 4 is 0 Å². The topological polar surface area (TPSA) is 32.5 Å². The van der Waals surface area contributed by atoms with Gasteiger partial charge in [-0.05, 0) is 51.5 Å². The van der Waals surface area contributed by atoms with Gasteiger partial charge in [0.05, 0.1) is 0 Å². The second kappa shape index (κ2) is 8.41. The molecule has 0 spiro atoms. The molecule has 1 aromatic carbocycles. The van der Waals surface area contributed by atoms with Crippen molar-refractivity contribution in [3.05, 3.63) is 35.4 Å². The molecule has 3 nitrogen and oxygen atoms in total. The van der Waals surface area contributed by atoms with Crippen LogP contribution < -0.4 is 5.73 Å². The van der Waals surface area contributed by atoms with Gasteiger partial charge in [-0.25, -0.2) is 8.78 Å². The van der Waals surface area contributed by atoms with Crippen LogP contribution >= 0.6 is 0 Å². The van der Waals surface area contributed by atoms with E-state index in [2.05, 4.69) is 9.80 Å². The molecule has 1 aliphatic heterocycles. The molecule has 1 aliphatic rings. The van der Waals surface area contributed by atoms with Crippen molar-refractivity contribution in [1.29, 1.82) is 0 Å². The lowest BCUT2D eigenvalue weighted by Gasteiger charge is -2.22. The van der Waals surface area contributed by atoms with Gasteiger partial charge in [-0.2, -0.15) is 0 Å². The number of nitrogens with two attached hydrogens (primary N) is 1. The van der Waals surface area contributed by atoms with Gasteiger partial charge in [0.25, 0.3) is 0 Å². The first-order valence-corrected chi connectivity index (χ1v) is 7.78. The Morgan fingerprint density at radius 2 is 1.76 bits per heavy atom. The number of halogens is 2. The summed E-state index contributed by atoms with van der Waals surface area (Å²) in [6.07, 6.45) is 3.30. The molecule has 0 atom stereocenters. The van der Waals surface area contributed by atoms with Gasteiger partial charge in [0.1, 0.15) is 11.6 Å². The summed E-state index contributed by atoms with van der Waals surface area (Å²) in [5.74, 6) is -0.961. The summed E-state index contributed by atoms with van der Waals surface area (Å²) in [5, 5.41) is 0. The molecule has 0 radical (unpaired) electrons. The first-order chi connectivity index (χ1) is 10.2. The molecule has 21 heavy (non-hydrogen) atoms. The maximum absolute atomic E-state index is 13.7. The van der Waals surface area contributed by atoms with Gasteiger partial charge >= 0.3 is 0 Å². The minimum Gasteiger partial charge on any atom is -0.330 e. The van der Waals surface area contributed by atoms with Crippen LogP contribution in [0.2, 0.25) is 0 Å². The Bertz CT molecular complexity index is 440. The molecule has 118 valence electrons. The highest BCUT2D eigenvalue weighted by Gasteiger charge is 2.16. The van der Waals surface area contributed by atoms with Crippen LogP contribution in [-0.2, 0) is 6.54 Å². The average Bonchev–Trinajstić information content (AvgIpc) is 2.68. The SMILES string of the molecule is NCCCCN1CCCN(Cc2ccc(F)cc2F)CC1. The zero-order chi connectivity index (χ0) is 15.1. The van der Waals surface area contributed by atoms with Gasteiger partial charge in [0, 0.05) is 31.3 Å². The maximum atomic E-state index is 13.7. The van der Waals surface area contributed by atoms with E-state index >= 15 is 0 Å². The maximum Gasteiger partial charge on any atom is 0.130 e. The van der Waals surface area contributed by atoms with Gasteiger partial charge in [0.2, 0.25) is 0 Å². The molecule has 1 saturated heterocycles. The third-order valence-corrected chi connectivity index (χ3v) is 4.02. The molecule has 0 amide bonds. The number of hydrogen-bond acceptors (Lipinski definition) is 3. The fraction of sp³-hybridized carbons (Fsp3) is 0.625. The summed E-state index contributed by atoms with van der Waals surface area (Å²) < 4.78 is 26.6. The standard InChI is InChI=1S/C16H25F2N3/c17-15-5-4-14(16(18)12-15)13-21-9-3-8-20(10-11-21)7-2-1-6-19/h4-5,12H,1-3,6-11,13,19H2. The Balaban J connectivity index is 1.82. The minimum absolute atomic E-state index is 0.445. The van der Waals surface area contributed by atoms with Gasteiger partial charge < -0.3 is 10.6 Å². The van der Waals surface area contributed by atoms with E-state index in [4.69, 9.17) is 5.73 Å². The molecule has 0 bridgehead atoms. The third-order valence-electron chi connectivity index (χ3n) is 4.02. The summed E-state index contributed by atoms with van der Waals surface area (Å²) in [6, 6.07) is 3.84. The number of nitrogens with zero attached hydrogens (tertiary/aromatic N) is 2. The molecule has 0 aromatic heterocycles. The van der Waals surface area contributed by atoms with Crippen LogP contribution in [0.3, 0.4) is 0 Å². The smallest absolute Gasteiger partial charge is 0.130 e. The lowest BCUT2D eigenvalue weighted by Crippen LogP contribution is -2.31. The third kappa shape index (κ3) is 5.34. The van der Waals surface area contributed by atoms with Gasteiger partial charge in [-0.15, -0.1) is 0 Å². The van der Waals surface area contributed by atoms with Crippen molar-refractivity contribution in [2.45, 2.75) is 25.8 Å². The van der Waals surface area contributed by atoms with Crippen molar-refractivity contribution in [3.8, 4) is 0 Å². The molecule has 0 saturated carbocycles. The molecule has 2 rings (SSSR count). The van der Waals surface area contributed by atoms with E-state index in [1.807, 2.05) is 0 Å². The fourth-order valence-electron chi connectivity index (χ4n) is 2.78. The first-order valence-electron chi connectivity index (χ1n) is 7.78. The van der Waals surface area contributed by atoms with E-state index in [0.29, 0.717) is 12.1 Å². The molecular formula is C16H25F2N3. The molecule has 1 heterocycles. The van der Waals surface area contributed by atoms with Crippen molar-refractivity contribution in [2.75, 3.05) is 39.3 Å². The molecule has 5 heteroatoms. The molecule has 1 aromatic rings. The Labute approximate surface area is 125 Å². The Hall–Kier alpha value is -1.04. The highest BCUT2D eigenvalue weighted by atomic mass is 19.1. The Morgan fingerprint density at radius 1 is 1.00 bits per heavy atom. The Kier molecular flexibility index (Phi) is 6.54. The monoisotopic (exact) mass is 297 g/mol. The minimum atomic E-state index is -0.516. The Morgan fingerprint density at radius 3 is 2.52 bits per heavy atom. The summed E-state index contributed by atoms with van der Waals surface area (Å²) in [6.45, 7) is 6.40. The van der Waals surface area contributed by atoms with Crippen molar-refractivity contribution in [3.63, 3.8) is 0 Å². The number of unbranched alkanes of at least 4 members (excludes halogenated alkanes) is 1. The second-order valence-electron chi connectivity index (χ2n) is 5.70. The lowest BCUT2D eigenvalue weighted by atomic mass is 10.2. The zero-order valence-corrected chi connectivity index (χ0v) is 12.5. The van der Waals surface area contributed by atoms with Crippen LogP contribution in [0.15, 0.2) is 18.2 Å². The summed E-state index contributed by atoms with van der Waals surface area (Å²) >= 11 is 0. The van der Waals surface area contributed by atoms with E-state index in [1.165, 1.54) is 6.07 Å². The van der Waals surface area contributed by atoms with Gasteiger partial charge in [0.15, 0.2) is 0 Å². The largest absolute Gasteiger partial charge is 0.330 e. The van der Waals surface area contributed by atoms with Crippen LogP contribution in [0.4, 0.5) is 8.78 Å². The number of hydrogen-bond donors (Lipinski definition) is 1.